The van der Waals surface area contributed by atoms with Gasteiger partial charge in [-0.25, -0.2) is 0 Å². The fourth-order valence-electron chi connectivity index (χ4n) is 1.40. The third-order valence-electron chi connectivity index (χ3n) is 2.48. The van der Waals surface area contributed by atoms with Crippen LogP contribution in [0.5, 0.6) is 0 Å². The number of hydrogen-bond acceptors (Lipinski definition) is 2. The summed E-state index contributed by atoms with van der Waals surface area (Å²) in [6, 6.07) is 1.80. The number of aryl methyl sites for hydroxylation is 1. The first-order valence-electron chi connectivity index (χ1n) is 5.43. The van der Waals surface area contributed by atoms with E-state index in [0.29, 0.717) is 19.4 Å². The molecule has 0 unspecified atom stereocenters. The van der Waals surface area contributed by atoms with Crippen LogP contribution in [-0.2, 0) is 11.3 Å². The summed E-state index contributed by atoms with van der Waals surface area (Å²) in [6.45, 7) is 2.46. The van der Waals surface area contributed by atoms with Crippen molar-refractivity contribution in [3.8, 4) is 0 Å². The molecule has 0 N–H and O–H groups in total. The van der Waals surface area contributed by atoms with Crippen molar-refractivity contribution in [2.75, 3.05) is 14.1 Å². The summed E-state index contributed by atoms with van der Waals surface area (Å²) >= 11 is 0. The van der Waals surface area contributed by atoms with E-state index < -0.39 is 0 Å². The second-order valence-corrected chi connectivity index (χ2v) is 3.95. The zero-order valence-electron chi connectivity index (χ0n) is 10.1. The Morgan fingerprint density at radius 3 is 2.62 bits per heavy atom. The van der Waals surface area contributed by atoms with Crippen LogP contribution < -0.4 is 0 Å². The molecule has 0 saturated heterocycles. The molecule has 0 fully saturated rings. The number of hydrogen-bond donors (Lipinski definition) is 0. The lowest BCUT2D eigenvalue weighted by molar-refractivity contribution is -0.128. The van der Waals surface area contributed by atoms with Gasteiger partial charge in [0.2, 0.25) is 5.91 Å². The van der Waals surface area contributed by atoms with Gasteiger partial charge in [-0.2, -0.15) is 0 Å². The molecule has 0 radical (unpaired) electrons. The maximum atomic E-state index is 11.4. The number of Topliss-reactive ketones (excluding diaryl/α,β-unsaturated/α-hetero) is 1. The molecule has 16 heavy (non-hydrogen) atoms. The van der Waals surface area contributed by atoms with Crippen LogP contribution in [0, 0.1) is 0 Å². The van der Waals surface area contributed by atoms with Crippen molar-refractivity contribution in [3.63, 3.8) is 0 Å². The van der Waals surface area contributed by atoms with Crippen molar-refractivity contribution in [3.05, 3.63) is 24.0 Å². The van der Waals surface area contributed by atoms with E-state index in [1.54, 1.807) is 31.3 Å². The van der Waals surface area contributed by atoms with Gasteiger partial charge >= 0.3 is 0 Å². The highest BCUT2D eigenvalue weighted by molar-refractivity contribution is 5.95. The second kappa shape index (κ2) is 5.49. The molecule has 0 aliphatic heterocycles. The first-order valence-corrected chi connectivity index (χ1v) is 5.43. The molecular weight excluding hydrogens is 204 g/mol. The standard InChI is InChI=1S/C12H18N2O2/c1-4-11(15)10-5-7-14(9-10)8-6-12(16)13(2)3/h5,7,9H,4,6,8H2,1-3H3. The molecule has 0 saturated carbocycles. The van der Waals surface area contributed by atoms with E-state index in [4.69, 9.17) is 0 Å². The molecule has 1 heterocycles. The van der Waals surface area contributed by atoms with Gasteiger partial charge in [-0.05, 0) is 6.07 Å². The van der Waals surface area contributed by atoms with Gasteiger partial charge in [0, 0.05) is 51.4 Å². The molecule has 0 aromatic carbocycles. The number of ketones is 1. The zero-order valence-corrected chi connectivity index (χ0v) is 10.1. The van der Waals surface area contributed by atoms with Crippen LogP contribution in [0.3, 0.4) is 0 Å². The zero-order chi connectivity index (χ0) is 12.1. The Balaban J connectivity index is 2.53. The second-order valence-electron chi connectivity index (χ2n) is 3.95. The molecule has 1 aromatic heterocycles. The number of rotatable bonds is 5. The Labute approximate surface area is 95.9 Å². The third kappa shape index (κ3) is 3.22. The van der Waals surface area contributed by atoms with Crippen molar-refractivity contribution in [2.45, 2.75) is 26.3 Å². The summed E-state index contributed by atoms with van der Waals surface area (Å²) in [5.41, 5.74) is 0.722. The molecule has 0 aliphatic rings. The number of carbonyl (C=O) groups is 2. The number of aromatic nitrogens is 1. The van der Waals surface area contributed by atoms with Crippen LogP contribution in [0.4, 0.5) is 0 Å². The summed E-state index contributed by atoms with van der Waals surface area (Å²) in [5.74, 6) is 0.231. The van der Waals surface area contributed by atoms with Crippen molar-refractivity contribution >= 4 is 11.7 Å². The van der Waals surface area contributed by atoms with Gasteiger partial charge in [0.05, 0.1) is 0 Å². The minimum absolute atomic E-state index is 0.0945. The van der Waals surface area contributed by atoms with E-state index in [1.807, 2.05) is 17.7 Å². The van der Waals surface area contributed by atoms with Crippen molar-refractivity contribution in [1.29, 1.82) is 0 Å². The van der Waals surface area contributed by atoms with E-state index >= 15 is 0 Å². The lowest BCUT2D eigenvalue weighted by Crippen LogP contribution is -2.22. The minimum Gasteiger partial charge on any atom is -0.353 e. The number of amides is 1. The van der Waals surface area contributed by atoms with Gasteiger partial charge in [-0.1, -0.05) is 6.92 Å². The predicted molar refractivity (Wildman–Crippen MR) is 62.4 cm³/mol. The van der Waals surface area contributed by atoms with Crippen LogP contribution in [0.15, 0.2) is 18.5 Å². The van der Waals surface area contributed by atoms with Gasteiger partial charge in [0.1, 0.15) is 0 Å². The topological polar surface area (TPSA) is 42.3 Å². The van der Waals surface area contributed by atoms with E-state index in [2.05, 4.69) is 0 Å². The first-order chi connectivity index (χ1) is 7.54. The molecular formula is C12H18N2O2. The highest BCUT2D eigenvalue weighted by atomic mass is 16.2. The molecule has 0 aliphatic carbocycles. The average Bonchev–Trinajstić information content (AvgIpc) is 2.73. The van der Waals surface area contributed by atoms with Crippen LogP contribution in [0.25, 0.3) is 0 Å². The SMILES string of the molecule is CCC(=O)c1ccn(CCC(=O)N(C)C)c1. The predicted octanol–water partition coefficient (Wildman–Crippen LogP) is 1.56. The van der Waals surface area contributed by atoms with Gasteiger partial charge in [-0.15, -0.1) is 0 Å². The van der Waals surface area contributed by atoms with Crippen LogP contribution >= 0.6 is 0 Å². The molecule has 1 aromatic rings. The molecule has 0 bridgehead atoms. The molecule has 0 atom stereocenters. The monoisotopic (exact) mass is 222 g/mol. The quantitative estimate of drug-likeness (QED) is 0.709. The lowest BCUT2D eigenvalue weighted by atomic mass is 10.2. The molecule has 4 heteroatoms. The largest absolute Gasteiger partial charge is 0.353 e. The normalized spacial score (nSPS) is 10.2. The van der Waals surface area contributed by atoms with Crippen LogP contribution in [0.1, 0.15) is 30.1 Å². The Bertz CT molecular complexity index is 380. The van der Waals surface area contributed by atoms with E-state index in [1.165, 1.54) is 0 Å². The average molecular weight is 222 g/mol. The number of nitrogens with zero attached hydrogens (tertiary/aromatic N) is 2. The lowest BCUT2D eigenvalue weighted by Gasteiger charge is -2.10. The highest BCUT2D eigenvalue weighted by Gasteiger charge is 2.07. The third-order valence-corrected chi connectivity index (χ3v) is 2.48. The van der Waals surface area contributed by atoms with Crippen LogP contribution in [-0.4, -0.2) is 35.3 Å². The summed E-state index contributed by atoms with van der Waals surface area (Å²) in [7, 11) is 3.48. The summed E-state index contributed by atoms with van der Waals surface area (Å²) in [5, 5.41) is 0. The Morgan fingerprint density at radius 1 is 1.38 bits per heavy atom. The maximum Gasteiger partial charge on any atom is 0.223 e. The summed E-state index contributed by atoms with van der Waals surface area (Å²) in [4.78, 5) is 24.3. The van der Waals surface area contributed by atoms with E-state index in [9.17, 15) is 9.59 Å². The molecule has 1 rings (SSSR count). The van der Waals surface area contributed by atoms with Gasteiger partial charge in [0.25, 0.3) is 0 Å². The van der Waals surface area contributed by atoms with Gasteiger partial charge in [0.15, 0.2) is 5.78 Å². The summed E-state index contributed by atoms with van der Waals surface area (Å²) in [6.07, 6.45) is 4.61. The molecule has 88 valence electrons. The molecule has 4 nitrogen and oxygen atoms in total. The smallest absolute Gasteiger partial charge is 0.223 e. The first kappa shape index (κ1) is 12.5. The Hall–Kier alpha value is -1.58. The fraction of sp³-hybridized carbons (Fsp3) is 0.500. The Morgan fingerprint density at radius 2 is 2.06 bits per heavy atom. The van der Waals surface area contributed by atoms with E-state index in [0.717, 1.165) is 5.56 Å². The maximum absolute atomic E-state index is 11.4. The van der Waals surface area contributed by atoms with Crippen molar-refractivity contribution < 1.29 is 9.59 Å². The highest BCUT2D eigenvalue weighted by Crippen LogP contribution is 2.05. The van der Waals surface area contributed by atoms with Gasteiger partial charge < -0.3 is 9.47 Å². The summed E-state index contributed by atoms with van der Waals surface area (Å²) < 4.78 is 1.88. The van der Waals surface area contributed by atoms with Crippen molar-refractivity contribution in [1.82, 2.24) is 9.47 Å². The number of carbonyl (C=O) groups excluding carboxylic acids is 2. The minimum atomic E-state index is 0.0945. The molecule has 1 amide bonds. The molecule has 0 spiro atoms. The Kier molecular flexibility index (Phi) is 4.28. The van der Waals surface area contributed by atoms with Gasteiger partial charge in [-0.3, -0.25) is 9.59 Å². The van der Waals surface area contributed by atoms with Crippen molar-refractivity contribution in [2.24, 2.45) is 0 Å². The van der Waals surface area contributed by atoms with Crippen LogP contribution in [0.2, 0.25) is 0 Å². The van der Waals surface area contributed by atoms with E-state index in [-0.39, 0.29) is 11.7 Å². The fourth-order valence-corrected chi connectivity index (χ4v) is 1.40.